The molecule has 0 aromatic heterocycles. The number of benzene rings is 1. The third-order valence-corrected chi connectivity index (χ3v) is 3.68. The van der Waals surface area contributed by atoms with Crippen LogP contribution in [0.1, 0.15) is 31.2 Å². The zero-order valence-corrected chi connectivity index (χ0v) is 9.63. The zero-order valence-electron chi connectivity index (χ0n) is 9.63. The van der Waals surface area contributed by atoms with Crippen LogP contribution in [0.25, 0.3) is 0 Å². The molecule has 1 fully saturated rings. The Hall–Kier alpha value is -1.09. The molecule has 0 saturated heterocycles. The first kappa shape index (κ1) is 11.4. The quantitative estimate of drug-likeness (QED) is 0.854. The minimum Gasteiger partial charge on any atom is -0.496 e. The topological polar surface area (TPSA) is 35.2 Å². The van der Waals surface area contributed by atoms with E-state index < -0.39 is 0 Å². The first-order valence-electron chi connectivity index (χ1n) is 5.76. The predicted octanol–water partition coefficient (Wildman–Crippen LogP) is 2.60. The molecule has 2 nitrogen and oxygen atoms in total. The molecule has 0 amide bonds. The standard InChI is InChI=1S/C13H18FNO/c1-16-12-5-4-10(14)8-11(12)13(9-15)6-2-3-7-13/h4-5,8H,2-3,6-7,9,15H2,1H3. The summed E-state index contributed by atoms with van der Waals surface area (Å²) in [6.07, 6.45) is 4.39. The van der Waals surface area contributed by atoms with E-state index in [1.807, 2.05) is 0 Å². The maximum absolute atomic E-state index is 13.3. The van der Waals surface area contributed by atoms with Crippen molar-refractivity contribution in [3.63, 3.8) is 0 Å². The van der Waals surface area contributed by atoms with Crippen molar-refractivity contribution in [2.45, 2.75) is 31.1 Å². The molecule has 0 radical (unpaired) electrons. The second-order valence-corrected chi connectivity index (χ2v) is 4.54. The molecule has 0 bridgehead atoms. The van der Waals surface area contributed by atoms with Gasteiger partial charge >= 0.3 is 0 Å². The summed E-state index contributed by atoms with van der Waals surface area (Å²) in [5, 5.41) is 0. The summed E-state index contributed by atoms with van der Waals surface area (Å²) >= 11 is 0. The van der Waals surface area contributed by atoms with Crippen molar-refractivity contribution in [3.05, 3.63) is 29.6 Å². The fourth-order valence-electron chi connectivity index (χ4n) is 2.73. The van der Waals surface area contributed by atoms with Crippen LogP contribution in [0.2, 0.25) is 0 Å². The van der Waals surface area contributed by atoms with E-state index in [2.05, 4.69) is 0 Å². The smallest absolute Gasteiger partial charge is 0.123 e. The largest absolute Gasteiger partial charge is 0.496 e. The molecular formula is C13H18FNO. The van der Waals surface area contributed by atoms with Crippen LogP contribution in [-0.4, -0.2) is 13.7 Å². The maximum Gasteiger partial charge on any atom is 0.123 e. The van der Waals surface area contributed by atoms with Crippen molar-refractivity contribution in [2.75, 3.05) is 13.7 Å². The van der Waals surface area contributed by atoms with Crippen LogP contribution < -0.4 is 10.5 Å². The van der Waals surface area contributed by atoms with Crippen molar-refractivity contribution in [1.29, 1.82) is 0 Å². The second kappa shape index (κ2) is 4.42. The van der Waals surface area contributed by atoms with Crippen molar-refractivity contribution in [2.24, 2.45) is 5.73 Å². The summed E-state index contributed by atoms with van der Waals surface area (Å²) in [6.45, 7) is 0.562. The van der Waals surface area contributed by atoms with Crippen LogP contribution in [0.4, 0.5) is 4.39 Å². The Morgan fingerprint density at radius 3 is 2.62 bits per heavy atom. The monoisotopic (exact) mass is 223 g/mol. The number of methoxy groups -OCH3 is 1. The van der Waals surface area contributed by atoms with Gasteiger partial charge in [0.25, 0.3) is 0 Å². The van der Waals surface area contributed by atoms with Crippen molar-refractivity contribution in [1.82, 2.24) is 0 Å². The summed E-state index contributed by atoms with van der Waals surface area (Å²) < 4.78 is 18.7. The number of rotatable bonds is 3. The van der Waals surface area contributed by atoms with Crippen LogP contribution in [0.15, 0.2) is 18.2 Å². The van der Waals surface area contributed by atoms with E-state index in [9.17, 15) is 4.39 Å². The van der Waals surface area contributed by atoms with Crippen LogP contribution in [0, 0.1) is 5.82 Å². The second-order valence-electron chi connectivity index (χ2n) is 4.54. The molecule has 88 valence electrons. The molecule has 0 spiro atoms. The summed E-state index contributed by atoms with van der Waals surface area (Å²) in [5.74, 6) is 0.546. The van der Waals surface area contributed by atoms with Crippen molar-refractivity contribution in [3.8, 4) is 5.75 Å². The number of ether oxygens (including phenoxy) is 1. The summed E-state index contributed by atoms with van der Waals surface area (Å²) in [5.41, 5.74) is 6.76. The maximum atomic E-state index is 13.3. The SMILES string of the molecule is COc1ccc(F)cc1C1(CN)CCCC1. The molecule has 16 heavy (non-hydrogen) atoms. The Balaban J connectivity index is 2.47. The third kappa shape index (κ3) is 1.80. The molecule has 1 aromatic carbocycles. The van der Waals surface area contributed by atoms with Gasteiger partial charge in [-0.15, -0.1) is 0 Å². The third-order valence-electron chi connectivity index (χ3n) is 3.68. The lowest BCUT2D eigenvalue weighted by Crippen LogP contribution is -2.32. The highest BCUT2D eigenvalue weighted by molar-refractivity contribution is 5.41. The fourth-order valence-corrected chi connectivity index (χ4v) is 2.73. The zero-order chi connectivity index (χ0) is 11.6. The minimum atomic E-state index is -0.212. The van der Waals surface area contributed by atoms with Gasteiger partial charge in [0, 0.05) is 17.5 Å². The van der Waals surface area contributed by atoms with Gasteiger partial charge < -0.3 is 10.5 Å². The van der Waals surface area contributed by atoms with E-state index in [4.69, 9.17) is 10.5 Å². The summed E-state index contributed by atoms with van der Waals surface area (Å²) in [6, 6.07) is 4.71. The Kier molecular flexibility index (Phi) is 3.15. The first-order chi connectivity index (χ1) is 7.72. The molecule has 1 aliphatic carbocycles. The van der Waals surface area contributed by atoms with Gasteiger partial charge in [-0.25, -0.2) is 4.39 Å². The van der Waals surface area contributed by atoms with E-state index >= 15 is 0 Å². The van der Waals surface area contributed by atoms with Gasteiger partial charge in [-0.2, -0.15) is 0 Å². The number of hydrogen-bond donors (Lipinski definition) is 1. The number of halogens is 1. The molecule has 0 atom stereocenters. The van der Waals surface area contributed by atoms with E-state index in [0.717, 1.165) is 37.0 Å². The Labute approximate surface area is 95.6 Å². The van der Waals surface area contributed by atoms with Gasteiger partial charge in [-0.1, -0.05) is 12.8 Å². The summed E-state index contributed by atoms with van der Waals surface area (Å²) in [7, 11) is 1.62. The van der Waals surface area contributed by atoms with Crippen LogP contribution in [0.5, 0.6) is 5.75 Å². The Morgan fingerprint density at radius 2 is 2.06 bits per heavy atom. The number of nitrogens with two attached hydrogens (primary N) is 1. The minimum absolute atomic E-state index is 0.0759. The Morgan fingerprint density at radius 1 is 1.38 bits per heavy atom. The highest BCUT2D eigenvalue weighted by Gasteiger charge is 2.36. The van der Waals surface area contributed by atoms with Gasteiger partial charge in [0.2, 0.25) is 0 Å². The lowest BCUT2D eigenvalue weighted by Gasteiger charge is -2.29. The van der Waals surface area contributed by atoms with Gasteiger partial charge in [0.15, 0.2) is 0 Å². The van der Waals surface area contributed by atoms with Gasteiger partial charge in [0.05, 0.1) is 7.11 Å². The molecule has 0 unspecified atom stereocenters. The molecule has 1 saturated carbocycles. The van der Waals surface area contributed by atoms with Crippen LogP contribution >= 0.6 is 0 Å². The molecule has 1 aliphatic rings. The van der Waals surface area contributed by atoms with E-state index in [1.165, 1.54) is 6.07 Å². The van der Waals surface area contributed by atoms with Gasteiger partial charge in [-0.05, 0) is 31.0 Å². The lowest BCUT2D eigenvalue weighted by atomic mass is 9.78. The predicted molar refractivity (Wildman–Crippen MR) is 62.2 cm³/mol. The first-order valence-corrected chi connectivity index (χ1v) is 5.76. The molecule has 0 aliphatic heterocycles. The van der Waals surface area contributed by atoms with Crippen LogP contribution in [0.3, 0.4) is 0 Å². The van der Waals surface area contributed by atoms with E-state index in [0.29, 0.717) is 6.54 Å². The molecule has 2 N–H and O–H groups in total. The highest BCUT2D eigenvalue weighted by Crippen LogP contribution is 2.44. The lowest BCUT2D eigenvalue weighted by molar-refractivity contribution is 0.375. The summed E-state index contributed by atoms with van der Waals surface area (Å²) in [4.78, 5) is 0. The molecule has 1 aromatic rings. The van der Waals surface area contributed by atoms with Crippen LogP contribution in [-0.2, 0) is 5.41 Å². The van der Waals surface area contributed by atoms with Crippen molar-refractivity contribution < 1.29 is 9.13 Å². The average molecular weight is 223 g/mol. The Bertz CT molecular complexity index is 372. The van der Waals surface area contributed by atoms with E-state index in [-0.39, 0.29) is 11.2 Å². The number of hydrogen-bond acceptors (Lipinski definition) is 2. The molecule has 3 heteroatoms. The molecule has 2 rings (SSSR count). The van der Waals surface area contributed by atoms with Gasteiger partial charge in [0.1, 0.15) is 11.6 Å². The highest BCUT2D eigenvalue weighted by atomic mass is 19.1. The fraction of sp³-hybridized carbons (Fsp3) is 0.538. The van der Waals surface area contributed by atoms with Crippen molar-refractivity contribution >= 4 is 0 Å². The molecular weight excluding hydrogens is 205 g/mol. The normalized spacial score (nSPS) is 18.7. The van der Waals surface area contributed by atoms with Gasteiger partial charge in [-0.3, -0.25) is 0 Å². The van der Waals surface area contributed by atoms with E-state index in [1.54, 1.807) is 19.2 Å². The average Bonchev–Trinajstić information content (AvgIpc) is 2.78. The molecule has 0 heterocycles.